The Morgan fingerprint density at radius 2 is 1.75 bits per heavy atom. The van der Waals surface area contributed by atoms with Gasteiger partial charge in [-0.2, -0.15) is 5.10 Å². The monoisotopic (exact) mass is 337 g/mol. The molecule has 3 rings (SSSR count). The molecule has 0 atom stereocenters. The van der Waals surface area contributed by atoms with Crippen LogP contribution >= 0.6 is 11.8 Å². The number of aryl methyl sites for hydroxylation is 1. The second-order valence-electron chi connectivity index (χ2n) is 5.43. The zero-order valence-corrected chi connectivity index (χ0v) is 14.3. The van der Waals surface area contributed by atoms with Crippen molar-refractivity contribution < 1.29 is 4.39 Å². The maximum absolute atomic E-state index is 13.0. The number of hydrogen-bond acceptors (Lipinski definition) is 2. The van der Waals surface area contributed by atoms with Crippen LogP contribution in [-0.4, -0.2) is 9.78 Å². The van der Waals surface area contributed by atoms with Gasteiger partial charge in [0.15, 0.2) is 5.69 Å². The first-order chi connectivity index (χ1) is 11.6. The molecule has 0 spiro atoms. The molecular formula is C19H16FN3S. The van der Waals surface area contributed by atoms with E-state index in [0.29, 0.717) is 5.69 Å². The second kappa shape index (κ2) is 6.90. The second-order valence-corrected chi connectivity index (χ2v) is 6.48. The molecule has 3 aromatic rings. The van der Waals surface area contributed by atoms with E-state index < -0.39 is 0 Å². The molecule has 2 aromatic carbocycles. The van der Waals surface area contributed by atoms with Crippen LogP contribution < -0.4 is 0 Å². The molecule has 0 aliphatic carbocycles. The number of halogens is 1. The highest BCUT2D eigenvalue weighted by Gasteiger charge is 2.13. The SMILES string of the molecule is [C-]#[N+]c1ccc(-n2nc(C)c(CSc3ccc(F)cc3)c2C)cc1. The minimum absolute atomic E-state index is 0.220. The molecule has 0 radical (unpaired) electrons. The molecule has 0 amide bonds. The van der Waals surface area contributed by atoms with Crippen LogP contribution in [0.2, 0.25) is 0 Å². The molecule has 1 aromatic heterocycles. The first-order valence-corrected chi connectivity index (χ1v) is 8.48. The van der Waals surface area contributed by atoms with Gasteiger partial charge in [0, 0.05) is 21.9 Å². The van der Waals surface area contributed by atoms with Crippen molar-refractivity contribution in [3.05, 3.63) is 82.7 Å². The summed E-state index contributed by atoms with van der Waals surface area (Å²) < 4.78 is 14.9. The van der Waals surface area contributed by atoms with Crippen molar-refractivity contribution in [3.63, 3.8) is 0 Å². The highest BCUT2D eigenvalue weighted by Crippen LogP contribution is 2.28. The fourth-order valence-corrected chi connectivity index (χ4v) is 3.55. The predicted molar refractivity (Wildman–Crippen MR) is 95.3 cm³/mol. The zero-order chi connectivity index (χ0) is 17.1. The average Bonchev–Trinajstić information content (AvgIpc) is 2.89. The molecular weight excluding hydrogens is 321 g/mol. The molecule has 120 valence electrons. The highest BCUT2D eigenvalue weighted by molar-refractivity contribution is 7.98. The zero-order valence-electron chi connectivity index (χ0n) is 13.5. The minimum atomic E-state index is -0.220. The lowest BCUT2D eigenvalue weighted by molar-refractivity contribution is 0.626. The largest absolute Gasteiger partial charge is 0.238 e. The Bertz CT molecular complexity index is 890. The first kappa shape index (κ1) is 16.3. The number of benzene rings is 2. The van der Waals surface area contributed by atoms with Crippen LogP contribution in [0.15, 0.2) is 53.4 Å². The van der Waals surface area contributed by atoms with Crippen LogP contribution in [-0.2, 0) is 5.75 Å². The Labute approximate surface area is 145 Å². The van der Waals surface area contributed by atoms with Crippen molar-refractivity contribution in [2.45, 2.75) is 24.5 Å². The molecule has 3 nitrogen and oxygen atoms in total. The van der Waals surface area contributed by atoms with Crippen molar-refractivity contribution in [1.82, 2.24) is 9.78 Å². The van der Waals surface area contributed by atoms with E-state index in [0.717, 1.165) is 27.7 Å². The lowest BCUT2D eigenvalue weighted by Gasteiger charge is -2.06. The van der Waals surface area contributed by atoms with Gasteiger partial charge in [0.05, 0.1) is 18.0 Å². The van der Waals surface area contributed by atoms with Gasteiger partial charge in [-0.1, -0.05) is 12.1 Å². The molecule has 24 heavy (non-hydrogen) atoms. The quantitative estimate of drug-likeness (QED) is 0.465. The highest BCUT2D eigenvalue weighted by atomic mass is 32.2. The normalized spacial score (nSPS) is 10.6. The number of hydrogen-bond donors (Lipinski definition) is 0. The third-order valence-corrected chi connectivity index (χ3v) is 4.90. The van der Waals surface area contributed by atoms with Crippen LogP contribution in [0.25, 0.3) is 10.5 Å². The summed E-state index contributed by atoms with van der Waals surface area (Å²) in [5.41, 5.74) is 4.81. The summed E-state index contributed by atoms with van der Waals surface area (Å²) >= 11 is 1.67. The maximum atomic E-state index is 13.0. The lowest BCUT2D eigenvalue weighted by Crippen LogP contribution is -1.98. The number of nitrogens with zero attached hydrogens (tertiary/aromatic N) is 3. The summed E-state index contributed by atoms with van der Waals surface area (Å²) in [6, 6.07) is 13.9. The molecule has 1 heterocycles. The standard InChI is InChI=1S/C19H16FN3S/c1-13-19(12-24-18-10-4-15(20)5-11-18)14(2)23(22-13)17-8-6-16(21-3)7-9-17/h4-11H,12H2,1-2H3. The van der Waals surface area contributed by atoms with E-state index in [1.54, 1.807) is 36.0 Å². The summed E-state index contributed by atoms with van der Waals surface area (Å²) in [4.78, 5) is 4.44. The van der Waals surface area contributed by atoms with Gasteiger partial charge < -0.3 is 0 Å². The van der Waals surface area contributed by atoms with E-state index in [2.05, 4.69) is 9.94 Å². The Hall–Kier alpha value is -2.58. The van der Waals surface area contributed by atoms with E-state index in [-0.39, 0.29) is 5.82 Å². The molecule has 0 N–H and O–H groups in total. The molecule has 0 bridgehead atoms. The summed E-state index contributed by atoms with van der Waals surface area (Å²) in [5, 5.41) is 4.63. The molecule has 0 saturated carbocycles. The van der Waals surface area contributed by atoms with Crippen molar-refractivity contribution in [3.8, 4) is 5.69 Å². The number of rotatable bonds is 4. The maximum Gasteiger partial charge on any atom is 0.187 e. The Kier molecular flexibility index (Phi) is 4.68. The van der Waals surface area contributed by atoms with Crippen molar-refractivity contribution in [2.75, 3.05) is 0 Å². The van der Waals surface area contributed by atoms with Gasteiger partial charge in [-0.3, -0.25) is 0 Å². The molecule has 0 aliphatic heterocycles. The number of aromatic nitrogens is 2. The fourth-order valence-electron chi connectivity index (χ4n) is 2.49. The smallest absolute Gasteiger partial charge is 0.187 e. The lowest BCUT2D eigenvalue weighted by atomic mass is 10.2. The third-order valence-electron chi connectivity index (χ3n) is 3.86. The molecule has 5 heteroatoms. The molecule has 0 aliphatic rings. The fraction of sp³-hybridized carbons (Fsp3) is 0.158. The molecule has 0 saturated heterocycles. The van der Waals surface area contributed by atoms with Crippen LogP contribution in [0.1, 0.15) is 17.0 Å². The van der Waals surface area contributed by atoms with Crippen LogP contribution in [0.5, 0.6) is 0 Å². The first-order valence-electron chi connectivity index (χ1n) is 7.50. The van der Waals surface area contributed by atoms with E-state index in [9.17, 15) is 4.39 Å². The van der Waals surface area contributed by atoms with Gasteiger partial charge in [0.25, 0.3) is 0 Å². The molecule has 0 fully saturated rings. The minimum Gasteiger partial charge on any atom is -0.238 e. The van der Waals surface area contributed by atoms with E-state index in [4.69, 9.17) is 6.57 Å². The van der Waals surface area contributed by atoms with Gasteiger partial charge >= 0.3 is 0 Å². The number of thioether (sulfide) groups is 1. The van der Waals surface area contributed by atoms with Crippen molar-refractivity contribution in [1.29, 1.82) is 0 Å². The summed E-state index contributed by atoms with van der Waals surface area (Å²) in [5.74, 6) is 0.561. The summed E-state index contributed by atoms with van der Waals surface area (Å²) in [6.45, 7) is 11.1. The Morgan fingerprint density at radius 3 is 2.38 bits per heavy atom. The molecule has 0 unspecified atom stereocenters. The third kappa shape index (κ3) is 3.34. The van der Waals surface area contributed by atoms with Crippen LogP contribution in [0, 0.1) is 26.2 Å². The van der Waals surface area contributed by atoms with Crippen LogP contribution in [0.3, 0.4) is 0 Å². The van der Waals surface area contributed by atoms with Gasteiger partial charge in [-0.25, -0.2) is 13.9 Å². The Morgan fingerprint density at radius 1 is 1.08 bits per heavy atom. The van der Waals surface area contributed by atoms with E-state index >= 15 is 0 Å². The van der Waals surface area contributed by atoms with Gasteiger partial charge in [0.1, 0.15) is 5.82 Å². The van der Waals surface area contributed by atoms with Crippen LogP contribution in [0.4, 0.5) is 10.1 Å². The predicted octanol–water partition coefficient (Wildman–Crippen LogP) is 5.47. The average molecular weight is 337 g/mol. The van der Waals surface area contributed by atoms with E-state index in [1.807, 2.05) is 30.7 Å². The van der Waals surface area contributed by atoms with Gasteiger partial charge in [-0.05, 0) is 50.2 Å². The summed E-state index contributed by atoms with van der Waals surface area (Å²) in [6.07, 6.45) is 0. The van der Waals surface area contributed by atoms with Crippen molar-refractivity contribution >= 4 is 17.4 Å². The Balaban J connectivity index is 1.83. The van der Waals surface area contributed by atoms with E-state index in [1.165, 1.54) is 17.7 Å². The van der Waals surface area contributed by atoms with Gasteiger partial charge in [0.2, 0.25) is 0 Å². The van der Waals surface area contributed by atoms with Gasteiger partial charge in [-0.15, -0.1) is 11.8 Å². The van der Waals surface area contributed by atoms with Crippen molar-refractivity contribution in [2.24, 2.45) is 0 Å². The summed E-state index contributed by atoms with van der Waals surface area (Å²) in [7, 11) is 0. The topological polar surface area (TPSA) is 22.2 Å².